The highest BCUT2D eigenvalue weighted by Crippen LogP contribution is 2.25. The van der Waals surface area contributed by atoms with Gasteiger partial charge in [-0.25, -0.2) is 0 Å². The quantitative estimate of drug-likeness (QED) is 0.882. The van der Waals surface area contributed by atoms with E-state index in [0.717, 1.165) is 16.8 Å². The number of hydrogen-bond acceptors (Lipinski definition) is 2. The molecule has 96 valence electrons. The number of nitrogens with one attached hydrogen (secondary N) is 1. The lowest BCUT2D eigenvalue weighted by molar-refractivity contribution is 1.12. The van der Waals surface area contributed by atoms with Gasteiger partial charge in [-0.15, -0.1) is 0 Å². The molecule has 0 aromatic heterocycles. The Labute approximate surface area is 122 Å². The van der Waals surface area contributed by atoms with Gasteiger partial charge in [0.25, 0.3) is 0 Å². The summed E-state index contributed by atoms with van der Waals surface area (Å²) >= 11 is 11.8. The molecule has 0 saturated heterocycles. The van der Waals surface area contributed by atoms with Crippen molar-refractivity contribution in [3.63, 3.8) is 0 Å². The van der Waals surface area contributed by atoms with Gasteiger partial charge in [0.2, 0.25) is 0 Å². The number of nitrogens with zero attached hydrogens (tertiary/aromatic N) is 1. The van der Waals surface area contributed by atoms with Crippen LogP contribution >= 0.6 is 23.2 Å². The lowest BCUT2D eigenvalue weighted by atomic mass is 10.1. The minimum atomic E-state index is 0.531. The van der Waals surface area contributed by atoms with Crippen molar-refractivity contribution in [2.45, 2.75) is 13.5 Å². The summed E-state index contributed by atoms with van der Waals surface area (Å²) in [7, 11) is 0. The molecule has 0 fully saturated rings. The minimum Gasteiger partial charge on any atom is -0.381 e. The highest BCUT2D eigenvalue weighted by Gasteiger charge is 2.02. The zero-order valence-electron chi connectivity index (χ0n) is 10.4. The molecule has 2 rings (SSSR count). The van der Waals surface area contributed by atoms with Gasteiger partial charge in [0, 0.05) is 12.2 Å². The SMILES string of the molecule is Cc1cc(C#N)ccc1CNc1ccc(Cl)c(Cl)c1. The maximum atomic E-state index is 8.82. The monoisotopic (exact) mass is 290 g/mol. The molecule has 0 heterocycles. The number of hydrogen-bond donors (Lipinski definition) is 1. The van der Waals surface area contributed by atoms with Crippen molar-refractivity contribution in [3.8, 4) is 6.07 Å². The third-order valence-electron chi connectivity index (χ3n) is 2.87. The van der Waals surface area contributed by atoms with Crippen LogP contribution in [0.2, 0.25) is 10.0 Å². The number of aryl methyl sites for hydroxylation is 1. The fourth-order valence-corrected chi connectivity index (χ4v) is 2.07. The second-order valence-electron chi connectivity index (χ2n) is 4.24. The predicted octanol–water partition coefficient (Wildman–Crippen LogP) is 4.79. The van der Waals surface area contributed by atoms with E-state index in [4.69, 9.17) is 28.5 Å². The maximum absolute atomic E-state index is 8.82. The second kappa shape index (κ2) is 5.97. The van der Waals surface area contributed by atoms with Gasteiger partial charge >= 0.3 is 0 Å². The van der Waals surface area contributed by atoms with Crippen LogP contribution in [0.25, 0.3) is 0 Å². The molecule has 0 unspecified atom stereocenters. The molecule has 2 aromatic rings. The van der Waals surface area contributed by atoms with E-state index < -0.39 is 0 Å². The first-order chi connectivity index (χ1) is 9.10. The highest BCUT2D eigenvalue weighted by molar-refractivity contribution is 6.42. The molecule has 0 aliphatic rings. The van der Waals surface area contributed by atoms with Gasteiger partial charge in [-0.3, -0.25) is 0 Å². The molecule has 2 nitrogen and oxygen atoms in total. The first-order valence-corrected chi connectivity index (χ1v) is 6.54. The lowest BCUT2D eigenvalue weighted by Gasteiger charge is -2.10. The topological polar surface area (TPSA) is 35.8 Å². The molecule has 0 aliphatic heterocycles. The summed E-state index contributed by atoms with van der Waals surface area (Å²) in [6.07, 6.45) is 0. The predicted molar refractivity (Wildman–Crippen MR) is 79.7 cm³/mol. The number of anilines is 1. The van der Waals surface area contributed by atoms with Crippen LogP contribution in [0.1, 0.15) is 16.7 Å². The zero-order chi connectivity index (χ0) is 13.8. The van der Waals surface area contributed by atoms with E-state index in [1.54, 1.807) is 12.1 Å². The van der Waals surface area contributed by atoms with E-state index in [9.17, 15) is 0 Å². The summed E-state index contributed by atoms with van der Waals surface area (Å²) in [4.78, 5) is 0. The molecule has 0 bridgehead atoms. The van der Waals surface area contributed by atoms with E-state index in [0.29, 0.717) is 22.2 Å². The molecule has 19 heavy (non-hydrogen) atoms. The van der Waals surface area contributed by atoms with Crippen molar-refractivity contribution >= 4 is 28.9 Å². The van der Waals surface area contributed by atoms with E-state index >= 15 is 0 Å². The molecule has 0 spiro atoms. The Hall–Kier alpha value is -1.69. The van der Waals surface area contributed by atoms with Crippen LogP contribution in [-0.2, 0) is 6.54 Å². The molecule has 0 atom stereocenters. The highest BCUT2D eigenvalue weighted by atomic mass is 35.5. The molecule has 0 aliphatic carbocycles. The zero-order valence-corrected chi connectivity index (χ0v) is 11.9. The Morgan fingerprint density at radius 1 is 1.11 bits per heavy atom. The maximum Gasteiger partial charge on any atom is 0.0991 e. The number of nitriles is 1. The van der Waals surface area contributed by atoms with Gasteiger partial charge in [-0.1, -0.05) is 29.3 Å². The van der Waals surface area contributed by atoms with Crippen LogP contribution in [0.4, 0.5) is 5.69 Å². The molecule has 0 saturated carbocycles. The minimum absolute atomic E-state index is 0.531. The lowest BCUT2D eigenvalue weighted by Crippen LogP contribution is -2.01. The van der Waals surface area contributed by atoms with Gasteiger partial charge < -0.3 is 5.32 Å². The number of rotatable bonds is 3. The van der Waals surface area contributed by atoms with Crippen molar-refractivity contribution in [1.29, 1.82) is 5.26 Å². The summed E-state index contributed by atoms with van der Waals surface area (Å²) in [6.45, 7) is 2.67. The Kier molecular flexibility index (Phi) is 4.31. The van der Waals surface area contributed by atoms with Crippen molar-refractivity contribution in [3.05, 3.63) is 63.1 Å². The fraction of sp³-hybridized carbons (Fsp3) is 0.133. The second-order valence-corrected chi connectivity index (χ2v) is 5.05. The third kappa shape index (κ3) is 3.41. The first-order valence-electron chi connectivity index (χ1n) is 5.78. The molecule has 2 aromatic carbocycles. The van der Waals surface area contributed by atoms with E-state index in [2.05, 4.69) is 11.4 Å². The summed E-state index contributed by atoms with van der Waals surface area (Å²) in [6, 6.07) is 13.2. The molecular formula is C15H12Cl2N2. The number of benzene rings is 2. The standard InChI is InChI=1S/C15H12Cl2N2/c1-10-6-11(8-18)2-3-12(10)9-19-13-4-5-14(16)15(17)7-13/h2-7,19H,9H2,1H3. The fourth-order valence-electron chi connectivity index (χ4n) is 1.77. The van der Waals surface area contributed by atoms with E-state index in [-0.39, 0.29) is 0 Å². The Bertz CT molecular complexity index is 645. The summed E-state index contributed by atoms with van der Waals surface area (Å²) in [5, 5.41) is 13.2. The Morgan fingerprint density at radius 2 is 1.89 bits per heavy atom. The van der Waals surface area contributed by atoms with Crippen LogP contribution < -0.4 is 5.32 Å². The van der Waals surface area contributed by atoms with Gasteiger partial charge in [0.1, 0.15) is 0 Å². The van der Waals surface area contributed by atoms with Crippen LogP contribution in [0.3, 0.4) is 0 Å². The first kappa shape index (κ1) is 13.7. The van der Waals surface area contributed by atoms with Crippen molar-refractivity contribution in [2.75, 3.05) is 5.32 Å². The number of halogens is 2. The average molecular weight is 291 g/mol. The third-order valence-corrected chi connectivity index (χ3v) is 3.61. The summed E-state index contributed by atoms with van der Waals surface area (Å²) in [5.41, 5.74) is 3.82. The van der Waals surface area contributed by atoms with E-state index in [1.165, 1.54) is 0 Å². The normalized spacial score (nSPS) is 10.0. The van der Waals surface area contributed by atoms with Gasteiger partial charge in [0.05, 0.1) is 21.7 Å². The van der Waals surface area contributed by atoms with Crippen molar-refractivity contribution < 1.29 is 0 Å². The average Bonchev–Trinajstić information content (AvgIpc) is 2.41. The molecular weight excluding hydrogens is 279 g/mol. The largest absolute Gasteiger partial charge is 0.381 e. The van der Waals surface area contributed by atoms with Crippen molar-refractivity contribution in [2.24, 2.45) is 0 Å². The van der Waals surface area contributed by atoms with Gasteiger partial charge in [0.15, 0.2) is 0 Å². The van der Waals surface area contributed by atoms with E-state index in [1.807, 2.05) is 31.2 Å². The van der Waals surface area contributed by atoms with Crippen molar-refractivity contribution in [1.82, 2.24) is 0 Å². The molecule has 1 N–H and O–H groups in total. The summed E-state index contributed by atoms with van der Waals surface area (Å²) < 4.78 is 0. The van der Waals surface area contributed by atoms with Crippen LogP contribution in [0.5, 0.6) is 0 Å². The smallest absolute Gasteiger partial charge is 0.0991 e. The van der Waals surface area contributed by atoms with Gasteiger partial charge in [-0.2, -0.15) is 5.26 Å². The van der Waals surface area contributed by atoms with Crippen LogP contribution in [0.15, 0.2) is 36.4 Å². The molecule has 0 radical (unpaired) electrons. The van der Waals surface area contributed by atoms with Crippen LogP contribution in [0, 0.1) is 18.3 Å². The molecule has 0 amide bonds. The Balaban J connectivity index is 2.10. The van der Waals surface area contributed by atoms with Crippen LogP contribution in [-0.4, -0.2) is 0 Å². The summed E-state index contributed by atoms with van der Waals surface area (Å²) in [5.74, 6) is 0. The van der Waals surface area contributed by atoms with Gasteiger partial charge in [-0.05, 0) is 48.4 Å². The Morgan fingerprint density at radius 3 is 2.53 bits per heavy atom. The molecule has 4 heteroatoms.